The van der Waals surface area contributed by atoms with Crippen molar-refractivity contribution < 1.29 is 14.4 Å². The van der Waals surface area contributed by atoms with E-state index in [-0.39, 0.29) is 29.6 Å². The molecule has 4 aromatic rings. The Morgan fingerprint density at radius 2 is 1.49 bits per heavy atom. The molecule has 2 bridgehead atoms. The maximum absolute atomic E-state index is 14.3. The number of carbonyl (C=O) groups excluding carboxylic acids is 3. The third kappa shape index (κ3) is 3.23. The van der Waals surface area contributed by atoms with E-state index in [1.165, 1.54) is 4.90 Å². The lowest BCUT2D eigenvalue weighted by atomic mass is 9.48. The zero-order chi connectivity index (χ0) is 27.1. The first-order chi connectivity index (χ1) is 18.8. The molecule has 2 atom stereocenters. The second-order valence-electron chi connectivity index (χ2n) is 10.9. The highest BCUT2D eigenvalue weighted by molar-refractivity contribution is 6.31. The molecule has 0 unspecified atom stereocenters. The molecule has 39 heavy (non-hydrogen) atoms. The molecule has 192 valence electrons. The Balaban J connectivity index is 1.29. The number of imide groups is 1. The topological polar surface area (TPSA) is 66.5 Å². The predicted molar refractivity (Wildman–Crippen MR) is 151 cm³/mol. The molecule has 3 amide bonds. The first-order valence-electron chi connectivity index (χ1n) is 13.0. The van der Waals surface area contributed by atoms with Gasteiger partial charge < -0.3 is 5.32 Å². The highest BCUT2D eigenvalue weighted by Gasteiger charge is 2.68. The van der Waals surface area contributed by atoms with Gasteiger partial charge in [-0.05, 0) is 72.0 Å². The van der Waals surface area contributed by atoms with Crippen LogP contribution in [0.4, 0.5) is 11.4 Å². The Morgan fingerprint density at radius 1 is 0.846 bits per heavy atom. The van der Waals surface area contributed by atoms with Gasteiger partial charge in [-0.25, -0.2) is 4.90 Å². The lowest BCUT2D eigenvalue weighted by molar-refractivity contribution is -0.128. The van der Waals surface area contributed by atoms with E-state index in [4.69, 9.17) is 11.6 Å². The van der Waals surface area contributed by atoms with Gasteiger partial charge in [-0.2, -0.15) is 0 Å². The van der Waals surface area contributed by atoms with Gasteiger partial charge in [0.1, 0.15) is 0 Å². The van der Waals surface area contributed by atoms with E-state index in [0.717, 1.165) is 27.8 Å². The lowest BCUT2D eigenvalue weighted by Crippen LogP contribution is -2.49. The Bertz CT molecular complexity index is 1680. The molecule has 6 heteroatoms. The van der Waals surface area contributed by atoms with Crippen LogP contribution >= 0.6 is 11.6 Å². The van der Waals surface area contributed by atoms with E-state index in [1.807, 2.05) is 44.2 Å². The molecular weight excluding hydrogens is 508 g/mol. The highest BCUT2D eigenvalue weighted by atomic mass is 35.5. The minimum atomic E-state index is -0.930. The molecule has 0 saturated carbocycles. The zero-order valence-corrected chi connectivity index (χ0v) is 22.2. The minimum Gasteiger partial charge on any atom is -0.322 e. The number of aryl methyl sites for hydroxylation is 1. The van der Waals surface area contributed by atoms with E-state index in [2.05, 4.69) is 29.6 Å². The molecule has 1 aliphatic heterocycles. The second kappa shape index (κ2) is 8.39. The van der Waals surface area contributed by atoms with E-state index >= 15 is 0 Å². The molecule has 5 nitrogen and oxygen atoms in total. The van der Waals surface area contributed by atoms with Gasteiger partial charge in [-0.15, -0.1) is 0 Å². The second-order valence-corrected chi connectivity index (χ2v) is 11.3. The molecule has 0 aromatic heterocycles. The van der Waals surface area contributed by atoms with Gasteiger partial charge in [-0.1, -0.05) is 72.3 Å². The molecule has 1 saturated heterocycles. The number of benzene rings is 4. The zero-order valence-electron chi connectivity index (χ0n) is 21.4. The predicted octanol–water partition coefficient (Wildman–Crippen LogP) is 6.69. The summed E-state index contributed by atoms with van der Waals surface area (Å²) >= 11 is 6.13. The van der Waals surface area contributed by atoms with Gasteiger partial charge in [0.2, 0.25) is 11.8 Å². The van der Waals surface area contributed by atoms with Crippen molar-refractivity contribution in [1.82, 2.24) is 0 Å². The summed E-state index contributed by atoms with van der Waals surface area (Å²) in [5.41, 5.74) is 5.79. The van der Waals surface area contributed by atoms with Gasteiger partial charge in [0.25, 0.3) is 5.91 Å². The van der Waals surface area contributed by atoms with Crippen LogP contribution in [0.25, 0.3) is 0 Å². The fourth-order valence-corrected chi connectivity index (χ4v) is 7.24. The molecule has 4 aromatic carbocycles. The van der Waals surface area contributed by atoms with Crippen LogP contribution in [0.3, 0.4) is 0 Å². The smallest absolute Gasteiger partial charge is 0.255 e. The van der Waals surface area contributed by atoms with Crippen LogP contribution in [0.15, 0.2) is 91.0 Å². The number of halogens is 1. The van der Waals surface area contributed by atoms with Crippen molar-refractivity contribution in [3.8, 4) is 0 Å². The summed E-state index contributed by atoms with van der Waals surface area (Å²) in [6, 6.07) is 28.4. The first-order valence-corrected chi connectivity index (χ1v) is 13.4. The summed E-state index contributed by atoms with van der Waals surface area (Å²) < 4.78 is 0. The van der Waals surface area contributed by atoms with Crippen LogP contribution in [0.1, 0.15) is 56.9 Å². The van der Waals surface area contributed by atoms with Crippen LogP contribution < -0.4 is 10.2 Å². The standard InChI is InChI=1S/C33H25ClN2O3/c1-18-14-15-20(34)17-26(18)35-30(37)19-8-7-9-21(16-19)36-31(38)29-27-22-10-3-5-12-24(22)28(33(29,2)32(36)39)25-13-6-4-11-23(25)27/h3-17,27-29H,1-2H3,(H,35,37)/t27?,28?,29-,33-/m0/s1. The third-order valence-corrected chi connectivity index (χ3v) is 9.06. The fourth-order valence-electron chi connectivity index (χ4n) is 7.07. The van der Waals surface area contributed by atoms with Crippen molar-refractivity contribution in [3.63, 3.8) is 0 Å². The first kappa shape index (κ1) is 23.9. The average molecular weight is 533 g/mol. The maximum atomic E-state index is 14.3. The van der Waals surface area contributed by atoms with Gasteiger partial charge >= 0.3 is 0 Å². The number of carbonyl (C=O) groups is 3. The van der Waals surface area contributed by atoms with Crippen molar-refractivity contribution in [2.75, 3.05) is 10.2 Å². The van der Waals surface area contributed by atoms with Crippen molar-refractivity contribution in [3.05, 3.63) is 129 Å². The molecule has 1 heterocycles. The molecule has 3 aliphatic carbocycles. The lowest BCUT2D eigenvalue weighted by Gasteiger charge is -2.51. The summed E-state index contributed by atoms with van der Waals surface area (Å²) in [5, 5.41) is 3.42. The molecule has 0 radical (unpaired) electrons. The Hall–Kier alpha value is -4.22. The summed E-state index contributed by atoms with van der Waals surface area (Å²) in [7, 11) is 0. The number of nitrogens with zero attached hydrogens (tertiary/aromatic N) is 1. The maximum Gasteiger partial charge on any atom is 0.255 e. The Kier molecular flexibility index (Phi) is 5.13. The van der Waals surface area contributed by atoms with Crippen LogP contribution in [0.5, 0.6) is 0 Å². The molecule has 4 aliphatic rings. The number of hydrogen-bond acceptors (Lipinski definition) is 3. The van der Waals surface area contributed by atoms with Crippen LogP contribution in [0.2, 0.25) is 5.02 Å². The fraction of sp³-hybridized carbons (Fsp3) is 0.182. The number of anilines is 2. The monoisotopic (exact) mass is 532 g/mol. The Labute approximate surface area is 231 Å². The van der Waals surface area contributed by atoms with Crippen molar-refractivity contribution in [1.29, 1.82) is 0 Å². The number of rotatable bonds is 3. The summed E-state index contributed by atoms with van der Waals surface area (Å²) in [4.78, 5) is 43.0. The summed E-state index contributed by atoms with van der Waals surface area (Å²) in [6.45, 7) is 3.83. The van der Waals surface area contributed by atoms with Crippen LogP contribution in [0, 0.1) is 18.3 Å². The van der Waals surface area contributed by atoms with Gasteiger partial charge in [-0.3, -0.25) is 14.4 Å². The largest absolute Gasteiger partial charge is 0.322 e. The van der Waals surface area contributed by atoms with E-state index in [0.29, 0.717) is 22.0 Å². The normalized spacial score (nSPS) is 24.3. The van der Waals surface area contributed by atoms with Crippen molar-refractivity contribution >= 4 is 40.7 Å². The van der Waals surface area contributed by atoms with Crippen molar-refractivity contribution in [2.45, 2.75) is 25.7 Å². The molecular formula is C33H25ClN2O3. The number of nitrogens with one attached hydrogen (secondary N) is 1. The number of amides is 3. The van der Waals surface area contributed by atoms with E-state index < -0.39 is 11.3 Å². The minimum absolute atomic E-state index is 0.203. The van der Waals surface area contributed by atoms with Gasteiger partial charge in [0, 0.05) is 28.1 Å². The van der Waals surface area contributed by atoms with Crippen LogP contribution in [-0.2, 0) is 9.59 Å². The highest BCUT2D eigenvalue weighted by Crippen LogP contribution is 2.67. The molecule has 8 rings (SSSR count). The summed E-state index contributed by atoms with van der Waals surface area (Å²) in [6.07, 6.45) is 0. The molecule has 1 N–H and O–H groups in total. The van der Waals surface area contributed by atoms with Gasteiger partial charge in [0.05, 0.1) is 17.0 Å². The van der Waals surface area contributed by atoms with E-state index in [9.17, 15) is 14.4 Å². The van der Waals surface area contributed by atoms with E-state index in [1.54, 1.807) is 36.4 Å². The summed E-state index contributed by atoms with van der Waals surface area (Å²) in [5.74, 6) is -1.73. The van der Waals surface area contributed by atoms with Crippen molar-refractivity contribution in [2.24, 2.45) is 11.3 Å². The number of hydrogen-bond donors (Lipinski definition) is 1. The average Bonchev–Trinajstić information content (AvgIpc) is 3.15. The quantitative estimate of drug-likeness (QED) is 0.299. The molecule has 1 fully saturated rings. The SMILES string of the molecule is Cc1ccc(Cl)cc1NC(=O)c1cccc(N2C(=O)[C@@H]3C4c5ccccc5C(c5ccccc54)[C@]3(C)C2=O)c1. The molecule has 0 spiro atoms. The third-order valence-electron chi connectivity index (χ3n) is 8.83. The van der Waals surface area contributed by atoms with Gasteiger partial charge in [0.15, 0.2) is 0 Å². The Morgan fingerprint density at radius 3 is 2.15 bits per heavy atom. The van der Waals surface area contributed by atoms with Crippen LogP contribution in [-0.4, -0.2) is 17.7 Å².